The van der Waals surface area contributed by atoms with Gasteiger partial charge in [0.1, 0.15) is 0 Å². The fraction of sp³-hybridized carbons (Fsp3) is 0.263. The van der Waals surface area contributed by atoms with Gasteiger partial charge in [0, 0.05) is 24.0 Å². The Kier molecular flexibility index (Phi) is 5.35. The molecular weight excluding hydrogens is 350 g/mol. The number of nitrogens with one attached hydrogen (secondary N) is 1. The van der Waals surface area contributed by atoms with Crippen molar-refractivity contribution in [1.29, 1.82) is 0 Å². The third-order valence-corrected chi connectivity index (χ3v) is 4.42. The van der Waals surface area contributed by atoms with Gasteiger partial charge in [0.2, 0.25) is 5.91 Å². The van der Waals surface area contributed by atoms with E-state index in [9.17, 15) is 19.7 Å². The number of nitro groups is 1. The van der Waals surface area contributed by atoms with Gasteiger partial charge >= 0.3 is 5.97 Å². The molecule has 0 aromatic heterocycles. The topological polar surface area (TPSA) is 102 Å². The summed E-state index contributed by atoms with van der Waals surface area (Å²) < 4.78 is 4.67. The lowest BCUT2D eigenvalue weighted by molar-refractivity contribution is -0.385. The second kappa shape index (κ2) is 7.86. The number of fused-ring (bicyclic) bond motifs is 1. The predicted octanol–water partition coefficient (Wildman–Crippen LogP) is 2.77. The highest BCUT2D eigenvalue weighted by molar-refractivity contribution is 5.96. The van der Waals surface area contributed by atoms with Gasteiger partial charge in [-0.15, -0.1) is 0 Å². The molecule has 3 rings (SSSR count). The number of anilines is 2. The van der Waals surface area contributed by atoms with Gasteiger partial charge in [-0.2, -0.15) is 0 Å². The molecule has 1 aliphatic heterocycles. The number of methoxy groups -OCH3 is 1. The average molecular weight is 369 g/mol. The maximum absolute atomic E-state index is 12.5. The number of esters is 1. The molecule has 0 unspecified atom stereocenters. The van der Waals surface area contributed by atoms with Crippen LogP contribution < -0.4 is 10.2 Å². The molecule has 2 aromatic rings. The number of ether oxygens (including phenoxy) is 1. The SMILES string of the molecule is COC(=O)c1cccc(NC(=O)CN2CCCc3c2cccc3[N+](=O)[O-])c1. The standard InChI is InChI=1S/C19H19N3O5/c1-27-19(24)13-5-2-6-14(11-13)20-18(23)12-21-10-4-7-15-16(21)8-3-9-17(15)22(25)26/h2-3,5-6,8-9,11H,4,7,10,12H2,1H3,(H,20,23). The van der Waals surface area contributed by atoms with Crippen molar-refractivity contribution in [1.82, 2.24) is 0 Å². The Balaban J connectivity index is 1.74. The zero-order valence-electron chi connectivity index (χ0n) is 14.8. The van der Waals surface area contributed by atoms with Gasteiger partial charge in [0.05, 0.1) is 29.7 Å². The van der Waals surface area contributed by atoms with Gasteiger partial charge < -0.3 is 15.0 Å². The van der Waals surface area contributed by atoms with Crippen molar-refractivity contribution in [3.63, 3.8) is 0 Å². The lowest BCUT2D eigenvalue weighted by Gasteiger charge is -2.30. The monoisotopic (exact) mass is 369 g/mol. The predicted molar refractivity (Wildman–Crippen MR) is 100 cm³/mol. The maximum Gasteiger partial charge on any atom is 0.337 e. The molecule has 0 saturated carbocycles. The van der Waals surface area contributed by atoms with Crippen molar-refractivity contribution in [2.45, 2.75) is 12.8 Å². The minimum absolute atomic E-state index is 0.0661. The minimum Gasteiger partial charge on any atom is -0.465 e. The summed E-state index contributed by atoms with van der Waals surface area (Å²) in [6.07, 6.45) is 1.36. The first kappa shape index (κ1) is 18.4. The fourth-order valence-corrected chi connectivity index (χ4v) is 3.23. The molecule has 8 nitrogen and oxygen atoms in total. The first-order chi connectivity index (χ1) is 13.0. The zero-order valence-corrected chi connectivity index (χ0v) is 14.8. The van der Waals surface area contributed by atoms with Gasteiger partial charge in [0.25, 0.3) is 5.69 Å². The summed E-state index contributed by atoms with van der Waals surface area (Å²) in [5.74, 6) is -0.750. The first-order valence-electron chi connectivity index (χ1n) is 8.49. The molecule has 1 heterocycles. The molecule has 8 heteroatoms. The third-order valence-electron chi connectivity index (χ3n) is 4.42. The average Bonchev–Trinajstić information content (AvgIpc) is 2.67. The van der Waals surface area contributed by atoms with Gasteiger partial charge in [0.15, 0.2) is 0 Å². The van der Waals surface area contributed by atoms with E-state index in [0.29, 0.717) is 35.5 Å². The Morgan fingerprint density at radius 3 is 2.78 bits per heavy atom. The molecule has 0 spiro atoms. The van der Waals surface area contributed by atoms with Gasteiger partial charge in [-0.25, -0.2) is 4.79 Å². The number of amides is 1. The van der Waals surface area contributed by atoms with Crippen LogP contribution in [0.4, 0.5) is 17.1 Å². The van der Waals surface area contributed by atoms with E-state index in [4.69, 9.17) is 0 Å². The molecule has 1 amide bonds. The third kappa shape index (κ3) is 4.05. The Bertz CT molecular complexity index is 897. The Morgan fingerprint density at radius 1 is 1.26 bits per heavy atom. The van der Waals surface area contributed by atoms with Crippen molar-refractivity contribution >= 4 is 28.9 Å². The lowest BCUT2D eigenvalue weighted by Crippen LogP contribution is -2.37. The summed E-state index contributed by atoms with van der Waals surface area (Å²) in [4.78, 5) is 36.7. The van der Waals surface area contributed by atoms with Crippen molar-refractivity contribution in [2.24, 2.45) is 0 Å². The highest BCUT2D eigenvalue weighted by Gasteiger charge is 2.25. The number of hydrogen-bond donors (Lipinski definition) is 1. The highest BCUT2D eigenvalue weighted by Crippen LogP contribution is 2.33. The zero-order chi connectivity index (χ0) is 19.4. The van der Waals surface area contributed by atoms with E-state index < -0.39 is 5.97 Å². The quantitative estimate of drug-likeness (QED) is 0.494. The van der Waals surface area contributed by atoms with Crippen LogP contribution in [0.15, 0.2) is 42.5 Å². The van der Waals surface area contributed by atoms with Crippen LogP contribution in [0.25, 0.3) is 0 Å². The summed E-state index contributed by atoms with van der Waals surface area (Å²) in [6.45, 7) is 0.709. The normalized spacial score (nSPS) is 12.9. The van der Waals surface area contributed by atoms with Crippen LogP contribution >= 0.6 is 0 Å². The Labute approximate surface area is 155 Å². The van der Waals surface area contributed by atoms with E-state index in [0.717, 1.165) is 6.42 Å². The van der Waals surface area contributed by atoms with Crippen LogP contribution in [0.5, 0.6) is 0 Å². The molecular formula is C19H19N3O5. The highest BCUT2D eigenvalue weighted by atomic mass is 16.6. The van der Waals surface area contributed by atoms with Crippen LogP contribution in [0, 0.1) is 10.1 Å². The number of benzene rings is 2. The molecule has 0 atom stereocenters. The fourth-order valence-electron chi connectivity index (χ4n) is 3.23. The number of hydrogen-bond acceptors (Lipinski definition) is 6. The molecule has 140 valence electrons. The summed E-state index contributed by atoms with van der Waals surface area (Å²) in [5.41, 5.74) is 2.29. The van der Waals surface area contributed by atoms with Gasteiger partial charge in [-0.1, -0.05) is 12.1 Å². The number of rotatable bonds is 5. The summed E-state index contributed by atoms with van der Waals surface area (Å²) in [6, 6.07) is 11.4. The molecule has 0 radical (unpaired) electrons. The minimum atomic E-state index is -0.483. The second-order valence-electron chi connectivity index (χ2n) is 6.18. The number of carbonyl (C=O) groups is 2. The second-order valence-corrected chi connectivity index (χ2v) is 6.18. The van der Waals surface area contributed by atoms with E-state index in [1.165, 1.54) is 13.2 Å². The molecule has 1 aliphatic rings. The summed E-state index contributed by atoms with van der Waals surface area (Å²) in [7, 11) is 1.29. The Morgan fingerprint density at radius 2 is 2.04 bits per heavy atom. The molecule has 0 fully saturated rings. The first-order valence-corrected chi connectivity index (χ1v) is 8.49. The number of nitrogens with zero attached hydrogens (tertiary/aromatic N) is 2. The molecule has 0 saturated heterocycles. The summed E-state index contributed by atoms with van der Waals surface area (Å²) >= 11 is 0. The van der Waals surface area contributed by atoms with E-state index >= 15 is 0 Å². The van der Waals surface area contributed by atoms with Crippen LogP contribution in [0.1, 0.15) is 22.3 Å². The van der Waals surface area contributed by atoms with Crippen molar-refractivity contribution in [3.8, 4) is 0 Å². The molecule has 1 N–H and O–H groups in total. The number of nitro benzene ring substituents is 1. The largest absolute Gasteiger partial charge is 0.465 e. The Hall–Kier alpha value is -3.42. The summed E-state index contributed by atoms with van der Waals surface area (Å²) in [5, 5.41) is 14.0. The van der Waals surface area contributed by atoms with Gasteiger partial charge in [-0.3, -0.25) is 14.9 Å². The number of carbonyl (C=O) groups excluding carboxylic acids is 2. The van der Waals surface area contributed by atoms with E-state index in [2.05, 4.69) is 10.1 Å². The van der Waals surface area contributed by atoms with E-state index in [1.54, 1.807) is 36.4 Å². The molecule has 27 heavy (non-hydrogen) atoms. The van der Waals surface area contributed by atoms with Crippen molar-refractivity contribution in [2.75, 3.05) is 30.4 Å². The van der Waals surface area contributed by atoms with Crippen LogP contribution in [0.3, 0.4) is 0 Å². The van der Waals surface area contributed by atoms with E-state index in [1.807, 2.05) is 4.90 Å². The lowest BCUT2D eigenvalue weighted by atomic mass is 10.00. The van der Waals surface area contributed by atoms with Crippen LogP contribution in [0.2, 0.25) is 0 Å². The smallest absolute Gasteiger partial charge is 0.337 e. The molecule has 2 aromatic carbocycles. The van der Waals surface area contributed by atoms with Crippen molar-refractivity contribution in [3.05, 3.63) is 63.7 Å². The van der Waals surface area contributed by atoms with Crippen LogP contribution in [-0.4, -0.2) is 37.0 Å². The van der Waals surface area contributed by atoms with Crippen molar-refractivity contribution < 1.29 is 19.2 Å². The molecule has 0 aliphatic carbocycles. The molecule has 0 bridgehead atoms. The van der Waals surface area contributed by atoms with Crippen LogP contribution in [-0.2, 0) is 16.0 Å². The maximum atomic E-state index is 12.5. The van der Waals surface area contributed by atoms with Gasteiger partial charge in [-0.05, 0) is 37.1 Å². The van der Waals surface area contributed by atoms with E-state index in [-0.39, 0.29) is 23.1 Å².